The van der Waals surface area contributed by atoms with Crippen LogP contribution in [0.25, 0.3) is 6.08 Å². The van der Waals surface area contributed by atoms with Gasteiger partial charge >= 0.3 is 5.97 Å². The molecule has 0 radical (unpaired) electrons. The largest absolute Gasteiger partial charge is 0.493 e. The molecule has 1 fully saturated rings. The average molecular weight is 541 g/mol. The van der Waals surface area contributed by atoms with E-state index in [-0.39, 0.29) is 29.1 Å². The maximum Gasteiger partial charge on any atom is 0.337 e. The van der Waals surface area contributed by atoms with Crippen molar-refractivity contribution in [1.82, 2.24) is 4.90 Å². The Morgan fingerprint density at radius 2 is 1.86 bits per heavy atom. The summed E-state index contributed by atoms with van der Waals surface area (Å²) >= 11 is 7.67. The van der Waals surface area contributed by atoms with E-state index < -0.39 is 5.97 Å². The summed E-state index contributed by atoms with van der Waals surface area (Å²) in [4.78, 5) is 30.9. The Kier molecular flexibility index (Phi) is 8.15. The van der Waals surface area contributed by atoms with Crippen LogP contribution in [-0.4, -0.2) is 43.2 Å². The van der Waals surface area contributed by atoms with Crippen molar-refractivity contribution in [3.05, 3.63) is 93.1 Å². The normalized spacial score (nSPS) is 15.4. The fourth-order valence-electron chi connectivity index (χ4n) is 3.43. The Bertz CT molecular complexity index is 1410. The van der Waals surface area contributed by atoms with E-state index in [1.54, 1.807) is 67.7 Å². The van der Waals surface area contributed by atoms with E-state index in [4.69, 9.17) is 25.8 Å². The van der Waals surface area contributed by atoms with Gasteiger partial charge in [-0.1, -0.05) is 29.8 Å². The number of hydrogen-bond donors (Lipinski definition) is 0. The van der Waals surface area contributed by atoms with Crippen LogP contribution in [0.2, 0.25) is 5.02 Å². The van der Waals surface area contributed by atoms with Crippen LogP contribution < -0.4 is 9.47 Å². The Morgan fingerprint density at radius 3 is 2.54 bits per heavy atom. The molecule has 3 aromatic carbocycles. The van der Waals surface area contributed by atoms with Crippen LogP contribution >= 0.6 is 23.4 Å². The fourth-order valence-corrected chi connectivity index (χ4v) is 4.69. The third-order valence-corrected chi connectivity index (χ3v) is 6.74. The van der Waals surface area contributed by atoms with Crippen molar-refractivity contribution in [3.63, 3.8) is 0 Å². The summed E-state index contributed by atoms with van der Waals surface area (Å²) in [5, 5.41) is 0.732. The first-order valence-electron chi connectivity index (χ1n) is 11.0. The molecule has 0 spiro atoms. The average Bonchev–Trinajstić information content (AvgIpc) is 3.16. The zero-order chi connectivity index (χ0) is 26.5. The first-order valence-corrected chi connectivity index (χ1v) is 12.2. The van der Waals surface area contributed by atoms with Gasteiger partial charge in [-0.25, -0.2) is 14.2 Å². The van der Waals surface area contributed by atoms with Gasteiger partial charge < -0.3 is 14.2 Å². The lowest BCUT2D eigenvalue weighted by Gasteiger charge is -2.14. The maximum absolute atomic E-state index is 14.0. The van der Waals surface area contributed by atoms with Crippen LogP contribution in [0.4, 0.5) is 10.1 Å². The Balaban J connectivity index is 1.55. The van der Waals surface area contributed by atoms with Crippen LogP contribution in [-0.2, 0) is 16.1 Å². The minimum atomic E-state index is -0.440. The van der Waals surface area contributed by atoms with Crippen molar-refractivity contribution in [2.45, 2.75) is 6.61 Å². The molecule has 1 amide bonds. The van der Waals surface area contributed by atoms with Gasteiger partial charge in [-0.2, -0.15) is 0 Å². The minimum Gasteiger partial charge on any atom is -0.493 e. The van der Waals surface area contributed by atoms with Crippen molar-refractivity contribution in [3.8, 4) is 11.5 Å². The number of likely N-dealkylation sites (N-methyl/N-ethyl adjacent to an activating group) is 1. The lowest BCUT2D eigenvalue weighted by atomic mass is 10.1. The highest BCUT2D eigenvalue weighted by Crippen LogP contribution is 2.39. The van der Waals surface area contributed by atoms with Crippen molar-refractivity contribution >= 4 is 52.2 Å². The zero-order valence-corrected chi connectivity index (χ0v) is 21.7. The summed E-state index contributed by atoms with van der Waals surface area (Å²) in [5.74, 6) is -0.430. The van der Waals surface area contributed by atoms with E-state index in [0.717, 1.165) is 0 Å². The molecule has 10 heteroatoms. The predicted molar refractivity (Wildman–Crippen MR) is 142 cm³/mol. The summed E-state index contributed by atoms with van der Waals surface area (Å²) in [6, 6.07) is 16.2. The van der Waals surface area contributed by atoms with Gasteiger partial charge in [0.05, 0.1) is 35.4 Å². The first-order chi connectivity index (χ1) is 17.8. The molecule has 0 aromatic heterocycles. The smallest absolute Gasteiger partial charge is 0.337 e. The maximum atomic E-state index is 14.0. The number of carbonyl (C=O) groups excluding carboxylic acids is 2. The molecular formula is C27H22ClFN2O5S. The Hall–Kier alpha value is -3.82. The number of aliphatic imine (C=N–C) groups is 1. The van der Waals surface area contributed by atoms with E-state index in [1.807, 2.05) is 0 Å². The molecule has 0 atom stereocenters. The summed E-state index contributed by atoms with van der Waals surface area (Å²) < 4.78 is 29.8. The van der Waals surface area contributed by atoms with Crippen molar-refractivity contribution in [2.24, 2.45) is 4.99 Å². The van der Waals surface area contributed by atoms with Gasteiger partial charge in [-0.15, -0.1) is 0 Å². The Labute approximate surface area is 222 Å². The number of rotatable bonds is 7. The third kappa shape index (κ3) is 5.95. The SMILES string of the molecule is COC(=O)c1ccc(N=C2S/C(=C\c3cc(Cl)c(OCc4ccccc4F)c(OC)c3)C(=O)N2C)cc1. The molecule has 0 N–H and O–H groups in total. The molecule has 0 bridgehead atoms. The first kappa shape index (κ1) is 26.2. The summed E-state index contributed by atoms with van der Waals surface area (Å²) in [5.41, 5.74) is 1.99. The van der Waals surface area contributed by atoms with E-state index in [1.165, 1.54) is 36.9 Å². The number of halogens is 2. The highest BCUT2D eigenvalue weighted by molar-refractivity contribution is 8.18. The summed E-state index contributed by atoms with van der Waals surface area (Å²) in [7, 11) is 4.42. The molecular weight excluding hydrogens is 519 g/mol. The molecule has 1 aliphatic rings. The molecule has 0 aliphatic carbocycles. The van der Waals surface area contributed by atoms with Crippen LogP contribution in [0.1, 0.15) is 21.5 Å². The number of nitrogens with zero attached hydrogens (tertiary/aromatic N) is 2. The fraction of sp³-hybridized carbons (Fsp3) is 0.148. The number of methoxy groups -OCH3 is 2. The molecule has 7 nitrogen and oxygen atoms in total. The minimum absolute atomic E-state index is 0.0250. The number of esters is 1. The highest BCUT2D eigenvalue weighted by Gasteiger charge is 2.30. The predicted octanol–water partition coefficient (Wildman–Crippen LogP) is 6.09. The summed E-state index contributed by atoms with van der Waals surface area (Å²) in [6.45, 7) is -0.0250. The van der Waals surface area contributed by atoms with E-state index in [2.05, 4.69) is 4.99 Å². The van der Waals surface area contributed by atoms with Crippen LogP contribution in [0.15, 0.2) is 70.6 Å². The standard InChI is InChI=1S/C27H22ClFN2O5S/c1-31-25(32)23(37-27(31)30-19-10-8-17(9-11-19)26(33)35-3)14-16-12-20(28)24(22(13-16)34-2)36-15-18-6-4-5-7-21(18)29/h4-14H,15H2,1-3H3/b23-14-,30-27?. The molecule has 1 heterocycles. The quantitative estimate of drug-likeness (QED) is 0.267. The third-order valence-electron chi connectivity index (χ3n) is 5.40. The topological polar surface area (TPSA) is 77.4 Å². The van der Waals surface area contributed by atoms with E-state index in [9.17, 15) is 14.0 Å². The van der Waals surface area contributed by atoms with Gasteiger partial charge in [0, 0.05) is 12.6 Å². The van der Waals surface area contributed by atoms with Crippen LogP contribution in [0.5, 0.6) is 11.5 Å². The number of amides is 1. The molecule has 4 rings (SSSR count). The number of thioether (sulfide) groups is 1. The number of ether oxygens (including phenoxy) is 3. The van der Waals surface area contributed by atoms with Gasteiger partial charge in [0.2, 0.25) is 0 Å². The highest BCUT2D eigenvalue weighted by atomic mass is 35.5. The van der Waals surface area contributed by atoms with Gasteiger partial charge in [-0.3, -0.25) is 9.69 Å². The van der Waals surface area contributed by atoms with Gasteiger partial charge in [0.15, 0.2) is 16.7 Å². The van der Waals surface area contributed by atoms with Gasteiger partial charge in [-0.05, 0) is 65.9 Å². The zero-order valence-electron chi connectivity index (χ0n) is 20.2. The number of hydrogen-bond acceptors (Lipinski definition) is 7. The van der Waals surface area contributed by atoms with E-state index in [0.29, 0.717) is 38.2 Å². The van der Waals surface area contributed by atoms with E-state index >= 15 is 0 Å². The van der Waals surface area contributed by atoms with Crippen LogP contribution in [0, 0.1) is 5.82 Å². The van der Waals surface area contributed by atoms with Crippen molar-refractivity contribution in [1.29, 1.82) is 0 Å². The van der Waals surface area contributed by atoms with Crippen molar-refractivity contribution < 1.29 is 28.2 Å². The lowest BCUT2D eigenvalue weighted by Crippen LogP contribution is -2.23. The Morgan fingerprint density at radius 1 is 1.14 bits per heavy atom. The lowest BCUT2D eigenvalue weighted by molar-refractivity contribution is -0.121. The number of benzene rings is 3. The second-order valence-electron chi connectivity index (χ2n) is 7.82. The monoisotopic (exact) mass is 540 g/mol. The second kappa shape index (κ2) is 11.5. The summed E-state index contributed by atoms with van der Waals surface area (Å²) in [6.07, 6.45) is 1.68. The van der Waals surface area contributed by atoms with Crippen molar-refractivity contribution in [2.75, 3.05) is 21.3 Å². The molecule has 3 aromatic rings. The molecule has 37 heavy (non-hydrogen) atoms. The van der Waals surface area contributed by atoms with Crippen LogP contribution in [0.3, 0.4) is 0 Å². The molecule has 1 saturated heterocycles. The van der Waals surface area contributed by atoms with Gasteiger partial charge in [0.1, 0.15) is 12.4 Å². The molecule has 190 valence electrons. The second-order valence-corrected chi connectivity index (χ2v) is 9.24. The van der Waals surface area contributed by atoms with Gasteiger partial charge in [0.25, 0.3) is 5.91 Å². The number of amidine groups is 1. The number of carbonyl (C=O) groups is 2. The molecule has 1 aliphatic heterocycles. The molecule has 0 unspecified atom stereocenters. The molecule has 0 saturated carbocycles.